The first-order valence-electron chi connectivity index (χ1n) is 5.94. The van der Waals surface area contributed by atoms with Crippen LogP contribution < -0.4 is 11.1 Å². The molecule has 0 saturated heterocycles. The van der Waals surface area contributed by atoms with E-state index >= 15 is 0 Å². The Labute approximate surface area is 106 Å². The number of rotatable bonds is 7. The molecular formula is C13H19FN2O2. The summed E-state index contributed by atoms with van der Waals surface area (Å²) in [5.41, 5.74) is 5.89. The lowest BCUT2D eigenvalue weighted by Gasteiger charge is -2.14. The lowest BCUT2D eigenvalue weighted by molar-refractivity contribution is 0.1000. The summed E-state index contributed by atoms with van der Waals surface area (Å²) in [5, 5.41) is 3.12. The van der Waals surface area contributed by atoms with E-state index in [0.717, 1.165) is 0 Å². The summed E-state index contributed by atoms with van der Waals surface area (Å²) in [4.78, 5) is 11.0. The first-order chi connectivity index (χ1) is 8.54. The molecule has 0 fully saturated rings. The highest BCUT2D eigenvalue weighted by Gasteiger charge is 2.08. The third kappa shape index (κ3) is 4.43. The number of nitrogens with two attached hydrogens (primary N) is 1. The van der Waals surface area contributed by atoms with Crippen molar-refractivity contribution in [1.82, 2.24) is 5.32 Å². The van der Waals surface area contributed by atoms with E-state index in [0.29, 0.717) is 30.9 Å². The monoisotopic (exact) mass is 254 g/mol. The summed E-state index contributed by atoms with van der Waals surface area (Å²) >= 11 is 0. The van der Waals surface area contributed by atoms with Gasteiger partial charge in [-0.25, -0.2) is 4.39 Å². The summed E-state index contributed by atoms with van der Waals surface area (Å²) in [7, 11) is 0. The van der Waals surface area contributed by atoms with Gasteiger partial charge in [0.25, 0.3) is 0 Å². The average molecular weight is 254 g/mol. The molecule has 5 heteroatoms. The van der Waals surface area contributed by atoms with Crippen molar-refractivity contribution < 1.29 is 13.9 Å². The highest BCUT2D eigenvalue weighted by Crippen LogP contribution is 2.10. The number of hydrogen-bond donors (Lipinski definition) is 2. The molecule has 18 heavy (non-hydrogen) atoms. The maximum atomic E-state index is 13.5. The Balaban J connectivity index is 2.60. The van der Waals surface area contributed by atoms with Gasteiger partial charge in [0, 0.05) is 30.3 Å². The van der Waals surface area contributed by atoms with Crippen LogP contribution in [0.25, 0.3) is 0 Å². The second-order valence-electron chi connectivity index (χ2n) is 4.11. The molecule has 100 valence electrons. The topological polar surface area (TPSA) is 64.3 Å². The second-order valence-corrected chi connectivity index (χ2v) is 4.11. The molecule has 1 atom stereocenters. The average Bonchev–Trinajstić information content (AvgIpc) is 2.35. The number of hydrogen-bond acceptors (Lipinski definition) is 3. The molecule has 3 N–H and O–H groups in total. The van der Waals surface area contributed by atoms with E-state index in [1.54, 1.807) is 0 Å². The van der Waals surface area contributed by atoms with Crippen molar-refractivity contribution in [2.75, 3.05) is 13.2 Å². The van der Waals surface area contributed by atoms with Crippen molar-refractivity contribution in [3.63, 3.8) is 0 Å². The number of primary amides is 1. The van der Waals surface area contributed by atoms with Crippen LogP contribution in [-0.4, -0.2) is 25.2 Å². The van der Waals surface area contributed by atoms with E-state index in [-0.39, 0.29) is 11.9 Å². The molecule has 0 spiro atoms. The summed E-state index contributed by atoms with van der Waals surface area (Å²) < 4.78 is 18.8. The summed E-state index contributed by atoms with van der Waals surface area (Å²) in [6.45, 7) is 5.42. The van der Waals surface area contributed by atoms with Gasteiger partial charge >= 0.3 is 0 Å². The van der Waals surface area contributed by atoms with Crippen LogP contribution >= 0.6 is 0 Å². The second kappa shape index (κ2) is 7.08. The lowest BCUT2D eigenvalue weighted by atomic mass is 10.1. The van der Waals surface area contributed by atoms with Crippen LogP contribution in [0.2, 0.25) is 0 Å². The van der Waals surface area contributed by atoms with E-state index in [1.807, 2.05) is 13.8 Å². The predicted octanol–water partition coefficient (Wildman–Crippen LogP) is 1.44. The van der Waals surface area contributed by atoms with Crippen LogP contribution in [-0.2, 0) is 11.3 Å². The minimum absolute atomic E-state index is 0.113. The molecule has 0 heterocycles. The van der Waals surface area contributed by atoms with Gasteiger partial charge in [-0.3, -0.25) is 4.79 Å². The zero-order valence-electron chi connectivity index (χ0n) is 10.7. The molecule has 0 saturated carbocycles. The van der Waals surface area contributed by atoms with Crippen LogP contribution in [0.5, 0.6) is 0 Å². The summed E-state index contributed by atoms with van der Waals surface area (Å²) in [5.74, 6) is -0.908. The van der Waals surface area contributed by atoms with Crippen LogP contribution in [0.4, 0.5) is 4.39 Å². The smallest absolute Gasteiger partial charge is 0.248 e. The van der Waals surface area contributed by atoms with Crippen LogP contribution in [0.15, 0.2) is 18.2 Å². The zero-order chi connectivity index (χ0) is 13.5. The fourth-order valence-electron chi connectivity index (χ4n) is 1.50. The van der Waals surface area contributed by atoms with Gasteiger partial charge < -0.3 is 15.8 Å². The van der Waals surface area contributed by atoms with Crippen LogP contribution in [0.3, 0.4) is 0 Å². The van der Waals surface area contributed by atoms with Crippen molar-refractivity contribution in [3.05, 3.63) is 35.1 Å². The quantitative estimate of drug-likeness (QED) is 0.774. The molecule has 4 nitrogen and oxygen atoms in total. The number of carbonyl (C=O) groups excluding carboxylic acids is 1. The van der Waals surface area contributed by atoms with Gasteiger partial charge in [-0.2, -0.15) is 0 Å². The third-order valence-corrected chi connectivity index (χ3v) is 2.54. The maximum absolute atomic E-state index is 13.5. The molecule has 0 radical (unpaired) electrons. The number of nitrogens with one attached hydrogen (secondary N) is 1. The molecule has 0 aliphatic heterocycles. The van der Waals surface area contributed by atoms with Gasteiger partial charge in [-0.15, -0.1) is 0 Å². The number of benzene rings is 1. The Morgan fingerprint density at radius 3 is 2.89 bits per heavy atom. The van der Waals surface area contributed by atoms with Crippen molar-refractivity contribution >= 4 is 5.91 Å². The minimum Gasteiger partial charge on any atom is -0.380 e. The van der Waals surface area contributed by atoms with E-state index < -0.39 is 5.91 Å². The third-order valence-electron chi connectivity index (χ3n) is 2.54. The number of ether oxygens (including phenoxy) is 1. The van der Waals surface area contributed by atoms with Gasteiger partial charge in [-0.05, 0) is 32.0 Å². The van der Waals surface area contributed by atoms with Crippen LogP contribution in [0.1, 0.15) is 29.8 Å². The minimum atomic E-state index is -0.557. The number of halogens is 1. The highest BCUT2D eigenvalue weighted by molar-refractivity contribution is 5.92. The number of carbonyl (C=O) groups is 1. The molecule has 0 aromatic heterocycles. The van der Waals surface area contributed by atoms with Gasteiger partial charge in [0.15, 0.2) is 0 Å². The van der Waals surface area contributed by atoms with E-state index in [4.69, 9.17) is 10.5 Å². The fourth-order valence-corrected chi connectivity index (χ4v) is 1.50. The predicted molar refractivity (Wildman–Crippen MR) is 67.7 cm³/mol. The number of amides is 1. The molecule has 1 aromatic carbocycles. The van der Waals surface area contributed by atoms with E-state index in [1.165, 1.54) is 18.2 Å². The SMILES string of the molecule is CCOCC(C)NCc1cc(C(N)=O)ccc1F. The summed E-state index contributed by atoms with van der Waals surface area (Å²) in [6, 6.07) is 4.22. The molecule has 0 bridgehead atoms. The molecule has 1 rings (SSSR count). The zero-order valence-corrected chi connectivity index (χ0v) is 10.7. The Hall–Kier alpha value is -1.46. The van der Waals surface area contributed by atoms with Crippen molar-refractivity contribution in [1.29, 1.82) is 0 Å². The maximum Gasteiger partial charge on any atom is 0.248 e. The Bertz CT molecular complexity index is 410. The highest BCUT2D eigenvalue weighted by atomic mass is 19.1. The van der Waals surface area contributed by atoms with Crippen LogP contribution in [0, 0.1) is 5.82 Å². The van der Waals surface area contributed by atoms with Gasteiger partial charge in [-0.1, -0.05) is 0 Å². The first kappa shape index (κ1) is 14.6. The fraction of sp³-hybridized carbons (Fsp3) is 0.462. The Morgan fingerprint density at radius 2 is 2.28 bits per heavy atom. The molecule has 0 aliphatic rings. The van der Waals surface area contributed by atoms with Crippen molar-refractivity contribution in [3.8, 4) is 0 Å². The van der Waals surface area contributed by atoms with Crippen molar-refractivity contribution in [2.24, 2.45) is 5.73 Å². The molecule has 0 aliphatic carbocycles. The van der Waals surface area contributed by atoms with Crippen molar-refractivity contribution in [2.45, 2.75) is 26.4 Å². The van der Waals surface area contributed by atoms with E-state index in [2.05, 4.69) is 5.32 Å². The molecule has 1 aromatic rings. The largest absolute Gasteiger partial charge is 0.380 e. The Morgan fingerprint density at radius 1 is 1.56 bits per heavy atom. The summed E-state index contributed by atoms with van der Waals surface area (Å²) in [6.07, 6.45) is 0. The standard InChI is InChI=1S/C13H19FN2O2/c1-3-18-8-9(2)16-7-11-6-10(13(15)17)4-5-12(11)14/h4-6,9,16H,3,7-8H2,1-2H3,(H2,15,17). The van der Waals surface area contributed by atoms with Gasteiger partial charge in [0.05, 0.1) is 6.61 Å². The van der Waals surface area contributed by atoms with Gasteiger partial charge in [0.1, 0.15) is 5.82 Å². The van der Waals surface area contributed by atoms with Gasteiger partial charge in [0.2, 0.25) is 5.91 Å². The molecular weight excluding hydrogens is 235 g/mol. The Kier molecular flexibility index (Phi) is 5.74. The normalized spacial score (nSPS) is 12.4. The first-order valence-corrected chi connectivity index (χ1v) is 5.94. The lowest BCUT2D eigenvalue weighted by Crippen LogP contribution is -2.30. The molecule has 1 unspecified atom stereocenters. The van der Waals surface area contributed by atoms with E-state index in [9.17, 15) is 9.18 Å². The molecule has 1 amide bonds.